The van der Waals surface area contributed by atoms with Gasteiger partial charge in [0, 0.05) is 12.8 Å². The van der Waals surface area contributed by atoms with E-state index in [9.17, 15) is 4.79 Å². The first kappa shape index (κ1) is 12.5. The zero-order valence-corrected chi connectivity index (χ0v) is 11.4. The van der Waals surface area contributed by atoms with Gasteiger partial charge in [-0.3, -0.25) is 10.2 Å². The third-order valence-corrected chi connectivity index (χ3v) is 4.53. The van der Waals surface area contributed by atoms with Crippen LogP contribution in [0.4, 0.5) is 5.69 Å². The van der Waals surface area contributed by atoms with Gasteiger partial charge >= 0.3 is 0 Å². The largest absolute Gasteiger partial charge is 0.293 e. The summed E-state index contributed by atoms with van der Waals surface area (Å²) in [5, 5.41) is 4.36. The van der Waals surface area contributed by atoms with E-state index in [1.165, 1.54) is 24.7 Å². The second kappa shape index (κ2) is 4.84. The molecular formula is C15H19BN2O. The van der Waals surface area contributed by atoms with Gasteiger partial charge in [0.1, 0.15) is 13.6 Å². The van der Waals surface area contributed by atoms with Gasteiger partial charge in [-0.15, -0.1) is 0 Å². The Morgan fingerprint density at radius 3 is 2.53 bits per heavy atom. The van der Waals surface area contributed by atoms with Crippen molar-refractivity contribution in [3.63, 3.8) is 0 Å². The van der Waals surface area contributed by atoms with Gasteiger partial charge in [-0.1, -0.05) is 24.0 Å². The molecule has 1 aromatic rings. The van der Waals surface area contributed by atoms with Crippen LogP contribution in [0.25, 0.3) is 0 Å². The van der Waals surface area contributed by atoms with Crippen LogP contribution in [0, 0.1) is 5.41 Å². The summed E-state index contributed by atoms with van der Waals surface area (Å²) in [4.78, 5) is 11.9. The lowest BCUT2D eigenvalue weighted by molar-refractivity contribution is -0.115. The summed E-state index contributed by atoms with van der Waals surface area (Å²) < 4.78 is 0. The zero-order chi connectivity index (χ0) is 13.3. The Hall–Kier alpha value is -1.58. The molecule has 98 valence electrons. The Labute approximate surface area is 114 Å². The molecule has 19 heavy (non-hydrogen) atoms. The molecule has 0 bridgehead atoms. The number of nitrogens with zero attached hydrogens (tertiary/aromatic N) is 1. The predicted molar refractivity (Wildman–Crippen MR) is 80.8 cm³/mol. The van der Waals surface area contributed by atoms with Crippen LogP contribution in [-0.2, 0) is 4.79 Å². The van der Waals surface area contributed by atoms with Crippen molar-refractivity contribution >= 4 is 30.5 Å². The van der Waals surface area contributed by atoms with Crippen LogP contribution in [-0.4, -0.2) is 19.3 Å². The first-order valence-corrected chi connectivity index (χ1v) is 7.09. The number of Topliss-reactive ketones (excluding diaryl/α,β-unsaturated/α-hetero) is 1. The van der Waals surface area contributed by atoms with Crippen LogP contribution < -0.4 is 10.9 Å². The standard InChI is InChI=1S/C15H19BN2O/c16-11-2-4-12(5-3-11)17-18-13-10-15(7-1-8-15)9-6-14(13)19/h2-5,17H,1,6-10,16H2/b18-13+. The minimum absolute atomic E-state index is 0.220. The molecule has 2 saturated carbocycles. The van der Waals surface area contributed by atoms with Crippen LogP contribution in [0.5, 0.6) is 0 Å². The third-order valence-electron chi connectivity index (χ3n) is 4.53. The van der Waals surface area contributed by atoms with Crippen molar-refractivity contribution in [2.75, 3.05) is 5.43 Å². The summed E-state index contributed by atoms with van der Waals surface area (Å²) >= 11 is 0. The summed E-state index contributed by atoms with van der Waals surface area (Å²) in [7, 11) is 2.06. The lowest BCUT2D eigenvalue weighted by atomic mass is 9.60. The first-order valence-electron chi connectivity index (χ1n) is 7.09. The number of benzene rings is 1. The molecule has 0 amide bonds. The fraction of sp³-hybridized carbons (Fsp3) is 0.467. The minimum atomic E-state index is 0.220. The Balaban J connectivity index is 1.70. The maximum Gasteiger partial charge on any atom is 0.178 e. The molecule has 1 N–H and O–H groups in total. The average Bonchev–Trinajstić information content (AvgIpc) is 2.38. The van der Waals surface area contributed by atoms with Gasteiger partial charge in [0.2, 0.25) is 0 Å². The predicted octanol–water partition coefficient (Wildman–Crippen LogP) is 1.64. The Bertz CT molecular complexity index is 517. The van der Waals surface area contributed by atoms with Crippen LogP contribution in [0.3, 0.4) is 0 Å². The smallest absolute Gasteiger partial charge is 0.178 e. The summed E-state index contributed by atoms with van der Waals surface area (Å²) in [5.41, 5.74) is 6.34. The number of rotatable bonds is 2. The number of anilines is 1. The normalized spacial score (nSPS) is 23.4. The number of carbonyl (C=O) groups excluding carboxylic acids is 1. The molecular weight excluding hydrogens is 235 g/mol. The van der Waals surface area contributed by atoms with Gasteiger partial charge in [-0.25, -0.2) is 0 Å². The van der Waals surface area contributed by atoms with Gasteiger partial charge in [-0.2, -0.15) is 5.10 Å². The Morgan fingerprint density at radius 1 is 1.16 bits per heavy atom. The molecule has 0 saturated heterocycles. The molecule has 0 aromatic heterocycles. The SMILES string of the molecule is Bc1ccc(N/N=C2\CC3(CCC3)CCC2=O)cc1. The summed E-state index contributed by atoms with van der Waals surface area (Å²) in [6, 6.07) is 8.06. The number of hydrogen-bond acceptors (Lipinski definition) is 3. The molecule has 1 aromatic carbocycles. The highest BCUT2D eigenvalue weighted by Gasteiger charge is 2.42. The second-order valence-corrected chi connectivity index (χ2v) is 5.99. The molecule has 0 radical (unpaired) electrons. The van der Waals surface area contributed by atoms with Gasteiger partial charge in [0.25, 0.3) is 0 Å². The molecule has 0 aliphatic heterocycles. The van der Waals surface area contributed by atoms with Gasteiger partial charge in [-0.05, 0) is 36.8 Å². The van der Waals surface area contributed by atoms with Gasteiger partial charge in [0.05, 0.1) is 5.69 Å². The van der Waals surface area contributed by atoms with E-state index in [0.29, 0.717) is 11.8 Å². The highest BCUT2D eigenvalue weighted by atomic mass is 16.1. The third kappa shape index (κ3) is 2.58. The quantitative estimate of drug-likeness (QED) is 0.643. The Kier molecular flexibility index (Phi) is 3.17. The van der Waals surface area contributed by atoms with Crippen molar-refractivity contribution in [2.45, 2.75) is 38.5 Å². The monoisotopic (exact) mass is 254 g/mol. The van der Waals surface area contributed by atoms with Crippen LogP contribution in [0.2, 0.25) is 0 Å². The maximum absolute atomic E-state index is 11.9. The highest BCUT2D eigenvalue weighted by molar-refractivity contribution is 6.40. The van der Waals surface area contributed by atoms with Crippen molar-refractivity contribution < 1.29 is 4.79 Å². The molecule has 0 atom stereocenters. The van der Waals surface area contributed by atoms with Crippen molar-refractivity contribution in [1.82, 2.24) is 0 Å². The number of carbonyl (C=O) groups is 1. The molecule has 2 aliphatic rings. The summed E-state index contributed by atoms with van der Waals surface area (Å²) in [6.45, 7) is 0. The fourth-order valence-electron chi connectivity index (χ4n) is 3.03. The van der Waals surface area contributed by atoms with E-state index < -0.39 is 0 Å². The van der Waals surface area contributed by atoms with Crippen LogP contribution >= 0.6 is 0 Å². The van der Waals surface area contributed by atoms with E-state index in [2.05, 4.69) is 18.4 Å². The molecule has 3 nitrogen and oxygen atoms in total. The van der Waals surface area contributed by atoms with Crippen molar-refractivity contribution in [1.29, 1.82) is 0 Å². The number of nitrogens with one attached hydrogen (secondary N) is 1. The molecule has 4 heteroatoms. The Morgan fingerprint density at radius 2 is 1.89 bits per heavy atom. The first-order chi connectivity index (χ1) is 9.17. The number of ketones is 1. The van der Waals surface area contributed by atoms with E-state index in [0.717, 1.165) is 24.2 Å². The number of hydrazone groups is 1. The molecule has 2 aliphatic carbocycles. The van der Waals surface area contributed by atoms with E-state index in [4.69, 9.17) is 0 Å². The fourth-order valence-corrected chi connectivity index (χ4v) is 3.03. The topological polar surface area (TPSA) is 41.5 Å². The second-order valence-electron chi connectivity index (χ2n) is 5.99. The maximum atomic E-state index is 11.9. The number of hydrogen-bond donors (Lipinski definition) is 1. The molecule has 0 heterocycles. The van der Waals surface area contributed by atoms with Crippen LogP contribution in [0.1, 0.15) is 38.5 Å². The van der Waals surface area contributed by atoms with E-state index >= 15 is 0 Å². The molecule has 3 rings (SSSR count). The highest BCUT2D eigenvalue weighted by Crippen LogP contribution is 2.50. The van der Waals surface area contributed by atoms with Gasteiger partial charge in [0.15, 0.2) is 5.78 Å². The summed E-state index contributed by atoms with van der Waals surface area (Å²) in [6.07, 6.45) is 6.45. The lowest BCUT2D eigenvalue weighted by Gasteiger charge is -2.44. The van der Waals surface area contributed by atoms with E-state index in [-0.39, 0.29) is 5.78 Å². The lowest BCUT2D eigenvalue weighted by Crippen LogP contribution is -2.39. The van der Waals surface area contributed by atoms with Crippen molar-refractivity contribution in [3.8, 4) is 0 Å². The van der Waals surface area contributed by atoms with Crippen molar-refractivity contribution in [3.05, 3.63) is 24.3 Å². The molecule has 2 fully saturated rings. The molecule has 1 spiro atoms. The molecule has 0 unspecified atom stereocenters. The minimum Gasteiger partial charge on any atom is -0.293 e. The van der Waals surface area contributed by atoms with E-state index in [1.54, 1.807) is 0 Å². The average molecular weight is 254 g/mol. The zero-order valence-electron chi connectivity index (χ0n) is 11.4. The van der Waals surface area contributed by atoms with Crippen LogP contribution in [0.15, 0.2) is 29.4 Å². The van der Waals surface area contributed by atoms with E-state index in [1.807, 2.05) is 24.3 Å². The van der Waals surface area contributed by atoms with Crippen molar-refractivity contribution in [2.24, 2.45) is 10.5 Å². The van der Waals surface area contributed by atoms with Gasteiger partial charge < -0.3 is 0 Å². The summed E-state index contributed by atoms with van der Waals surface area (Å²) in [5.74, 6) is 0.220.